The number of amides is 2. The SMILES string of the molecule is CCCC(=O)N1CCCC(C(=O)N2CCCC(CCC(=O)O)C2)C1. The van der Waals surface area contributed by atoms with E-state index in [1.54, 1.807) is 0 Å². The highest BCUT2D eigenvalue weighted by molar-refractivity contribution is 5.81. The number of carboxylic acids is 1. The summed E-state index contributed by atoms with van der Waals surface area (Å²) in [5.41, 5.74) is 0. The minimum absolute atomic E-state index is 0.0854. The largest absolute Gasteiger partial charge is 0.481 e. The molecule has 1 N–H and O–H groups in total. The number of hydrogen-bond donors (Lipinski definition) is 1. The van der Waals surface area contributed by atoms with Crippen molar-refractivity contribution in [1.82, 2.24) is 9.80 Å². The molecule has 2 rings (SSSR count). The molecule has 0 aromatic carbocycles. The van der Waals surface area contributed by atoms with Gasteiger partial charge >= 0.3 is 5.97 Å². The van der Waals surface area contributed by atoms with Gasteiger partial charge in [0.05, 0.1) is 5.92 Å². The Morgan fingerprint density at radius 1 is 1.00 bits per heavy atom. The number of carbonyl (C=O) groups excluding carboxylic acids is 2. The van der Waals surface area contributed by atoms with E-state index in [2.05, 4.69) is 0 Å². The molecule has 2 aliphatic rings. The van der Waals surface area contributed by atoms with E-state index in [1.165, 1.54) is 0 Å². The van der Waals surface area contributed by atoms with Crippen LogP contribution in [0.4, 0.5) is 0 Å². The van der Waals surface area contributed by atoms with Crippen molar-refractivity contribution in [2.75, 3.05) is 26.2 Å². The first-order chi connectivity index (χ1) is 11.5. The van der Waals surface area contributed by atoms with Crippen LogP contribution in [0.15, 0.2) is 0 Å². The summed E-state index contributed by atoms with van der Waals surface area (Å²) < 4.78 is 0. The molecule has 0 radical (unpaired) electrons. The second kappa shape index (κ2) is 9.04. The van der Waals surface area contributed by atoms with E-state index >= 15 is 0 Å². The van der Waals surface area contributed by atoms with Crippen LogP contribution in [-0.4, -0.2) is 58.9 Å². The summed E-state index contributed by atoms with van der Waals surface area (Å²) >= 11 is 0. The maximum absolute atomic E-state index is 12.8. The average Bonchev–Trinajstić information content (AvgIpc) is 2.60. The van der Waals surface area contributed by atoms with Gasteiger partial charge in [-0.25, -0.2) is 0 Å². The van der Waals surface area contributed by atoms with Gasteiger partial charge in [0.2, 0.25) is 11.8 Å². The Labute approximate surface area is 144 Å². The zero-order chi connectivity index (χ0) is 17.5. The molecule has 0 aliphatic carbocycles. The van der Waals surface area contributed by atoms with Crippen LogP contribution < -0.4 is 0 Å². The Morgan fingerprint density at radius 3 is 2.42 bits per heavy atom. The van der Waals surface area contributed by atoms with Crippen molar-refractivity contribution in [3.63, 3.8) is 0 Å². The fraction of sp³-hybridized carbons (Fsp3) is 0.833. The van der Waals surface area contributed by atoms with Crippen LogP contribution in [0.1, 0.15) is 58.3 Å². The summed E-state index contributed by atoms with van der Waals surface area (Å²) in [6.45, 7) is 4.75. The number of rotatable bonds is 6. The van der Waals surface area contributed by atoms with Crippen molar-refractivity contribution in [1.29, 1.82) is 0 Å². The van der Waals surface area contributed by atoms with Gasteiger partial charge in [-0.2, -0.15) is 0 Å². The molecule has 2 aliphatic heterocycles. The molecule has 0 aromatic heterocycles. The molecule has 2 saturated heterocycles. The maximum atomic E-state index is 12.8. The second-order valence-corrected chi connectivity index (χ2v) is 7.15. The third kappa shape index (κ3) is 5.21. The van der Waals surface area contributed by atoms with Crippen molar-refractivity contribution in [2.45, 2.75) is 58.3 Å². The van der Waals surface area contributed by atoms with E-state index in [4.69, 9.17) is 5.11 Å². The predicted molar refractivity (Wildman–Crippen MR) is 90.4 cm³/mol. The molecule has 2 atom stereocenters. The molecule has 0 aromatic rings. The van der Waals surface area contributed by atoms with Crippen molar-refractivity contribution in [3.8, 4) is 0 Å². The second-order valence-electron chi connectivity index (χ2n) is 7.15. The predicted octanol–water partition coefficient (Wildman–Crippen LogP) is 2.13. The number of hydrogen-bond acceptors (Lipinski definition) is 3. The van der Waals surface area contributed by atoms with E-state index in [0.717, 1.165) is 45.2 Å². The Balaban J connectivity index is 1.87. The number of carboxylic acid groups (broad SMARTS) is 1. The number of piperidine rings is 2. The zero-order valence-electron chi connectivity index (χ0n) is 14.7. The highest BCUT2D eigenvalue weighted by Gasteiger charge is 2.33. The number of nitrogens with zero attached hydrogens (tertiary/aromatic N) is 2. The van der Waals surface area contributed by atoms with Crippen LogP contribution >= 0.6 is 0 Å². The van der Waals surface area contributed by atoms with Gasteiger partial charge in [-0.05, 0) is 44.4 Å². The molecule has 0 spiro atoms. The monoisotopic (exact) mass is 338 g/mol. The van der Waals surface area contributed by atoms with Gasteiger partial charge in [-0.3, -0.25) is 14.4 Å². The third-order valence-corrected chi connectivity index (χ3v) is 5.18. The summed E-state index contributed by atoms with van der Waals surface area (Å²) in [4.78, 5) is 39.4. The van der Waals surface area contributed by atoms with Crippen LogP contribution in [0.5, 0.6) is 0 Å². The smallest absolute Gasteiger partial charge is 0.303 e. The van der Waals surface area contributed by atoms with Crippen molar-refractivity contribution in [2.24, 2.45) is 11.8 Å². The van der Waals surface area contributed by atoms with E-state index in [0.29, 0.717) is 31.8 Å². The maximum Gasteiger partial charge on any atom is 0.303 e. The molecule has 6 heteroatoms. The van der Waals surface area contributed by atoms with Crippen molar-refractivity contribution < 1.29 is 19.5 Å². The summed E-state index contributed by atoms with van der Waals surface area (Å²) in [5, 5.41) is 8.83. The molecule has 136 valence electrons. The summed E-state index contributed by atoms with van der Waals surface area (Å²) in [6, 6.07) is 0. The first-order valence-corrected chi connectivity index (χ1v) is 9.29. The third-order valence-electron chi connectivity index (χ3n) is 5.18. The van der Waals surface area contributed by atoms with Crippen LogP contribution in [0.25, 0.3) is 0 Å². The van der Waals surface area contributed by atoms with Gasteiger partial charge in [0.15, 0.2) is 0 Å². The zero-order valence-corrected chi connectivity index (χ0v) is 14.7. The van der Waals surface area contributed by atoms with Crippen LogP contribution in [0.2, 0.25) is 0 Å². The first kappa shape index (κ1) is 18.7. The van der Waals surface area contributed by atoms with Crippen molar-refractivity contribution in [3.05, 3.63) is 0 Å². The average molecular weight is 338 g/mol. The van der Waals surface area contributed by atoms with Crippen LogP contribution in [0.3, 0.4) is 0 Å². The summed E-state index contributed by atoms with van der Waals surface area (Å²) in [6.07, 6.45) is 5.91. The molecule has 2 unspecified atom stereocenters. The standard InChI is InChI=1S/C18H30N2O4/c1-2-5-16(21)19-10-4-7-15(13-19)18(24)20-11-3-6-14(12-20)8-9-17(22)23/h14-15H,2-13H2,1H3,(H,22,23). The molecule has 0 bridgehead atoms. The molecule has 6 nitrogen and oxygen atoms in total. The lowest BCUT2D eigenvalue weighted by Gasteiger charge is -2.38. The number of likely N-dealkylation sites (tertiary alicyclic amines) is 2. The number of aliphatic carboxylic acids is 1. The van der Waals surface area contributed by atoms with Gasteiger partial charge in [-0.15, -0.1) is 0 Å². The lowest BCUT2D eigenvalue weighted by molar-refractivity contribution is -0.142. The lowest BCUT2D eigenvalue weighted by Crippen LogP contribution is -2.49. The van der Waals surface area contributed by atoms with E-state index in [-0.39, 0.29) is 24.2 Å². The highest BCUT2D eigenvalue weighted by atomic mass is 16.4. The molecular weight excluding hydrogens is 308 g/mol. The Morgan fingerprint density at radius 2 is 1.71 bits per heavy atom. The number of carbonyl (C=O) groups is 3. The summed E-state index contributed by atoms with van der Waals surface area (Å²) in [7, 11) is 0. The Kier molecular flexibility index (Phi) is 7.06. The molecule has 0 saturated carbocycles. The fourth-order valence-electron chi connectivity index (χ4n) is 3.86. The van der Waals surface area contributed by atoms with Gasteiger partial charge in [0.25, 0.3) is 0 Å². The van der Waals surface area contributed by atoms with E-state index in [1.807, 2.05) is 16.7 Å². The van der Waals surface area contributed by atoms with Gasteiger partial charge in [0.1, 0.15) is 0 Å². The van der Waals surface area contributed by atoms with Gasteiger partial charge in [-0.1, -0.05) is 6.92 Å². The minimum Gasteiger partial charge on any atom is -0.481 e. The van der Waals surface area contributed by atoms with Crippen LogP contribution in [-0.2, 0) is 14.4 Å². The topological polar surface area (TPSA) is 77.9 Å². The molecule has 2 heterocycles. The quantitative estimate of drug-likeness (QED) is 0.805. The Hall–Kier alpha value is -1.59. The highest BCUT2D eigenvalue weighted by Crippen LogP contribution is 2.25. The molecular formula is C18H30N2O4. The molecule has 24 heavy (non-hydrogen) atoms. The normalized spacial score (nSPS) is 24.7. The van der Waals surface area contributed by atoms with E-state index < -0.39 is 5.97 Å². The van der Waals surface area contributed by atoms with Crippen LogP contribution in [0, 0.1) is 11.8 Å². The molecule has 2 fully saturated rings. The minimum atomic E-state index is -0.768. The lowest BCUT2D eigenvalue weighted by atomic mass is 9.90. The molecule has 2 amide bonds. The van der Waals surface area contributed by atoms with Gasteiger partial charge in [0, 0.05) is 39.0 Å². The van der Waals surface area contributed by atoms with Crippen molar-refractivity contribution >= 4 is 17.8 Å². The first-order valence-electron chi connectivity index (χ1n) is 9.29. The Bertz CT molecular complexity index is 466. The van der Waals surface area contributed by atoms with E-state index in [9.17, 15) is 14.4 Å². The summed E-state index contributed by atoms with van der Waals surface area (Å²) in [5.74, 6) is -0.245. The fourth-order valence-corrected chi connectivity index (χ4v) is 3.86. The van der Waals surface area contributed by atoms with Gasteiger partial charge < -0.3 is 14.9 Å².